The number of esters is 1. The summed E-state index contributed by atoms with van der Waals surface area (Å²) in [4.78, 5) is 23.9. The molecule has 0 fully saturated rings. The van der Waals surface area contributed by atoms with Gasteiger partial charge in [-0.2, -0.15) is 18.3 Å². The monoisotopic (exact) mass is 454 g/mol. The Morgan fingerprint density at radius 2 is 1.89 bits per heavy atom. The fourth-order valence-electron chi connectivity index (χ4n) is 2.24. The van der Waals surface area contributed by atoms with Crippen LogP contribution in [0.4, 0.5) is 13.2 Å². The maximum Gasteiger partial charge on any atom is 0.433 e. The molecule has 0 bridgehead atoms. The molecule has 28 heavy (non-hydrogen) atoms. The zero-order valence-electron chi connectivity index (χ0n) is 14.4. The van der Waals surface area contributed by atoms with Crippen molar-refractivity contribution in [3.63, 3.8) is 0 Å². The second-order valence-corrected chi connectivity index (χ2v) is 6.65. The van der Waals surface area contributed by atoms with Crippen molar-refractivity contribution < 1.29 is 22.7 Å². The normalized spacial score (nSPS) is 12.2. The average Bonchev–Trinajstić information content (AvgIpc) is 2.58. The van der Waals surface area contributed by atoms with E-state index in [2.05, 4.69) is 5.10 Å². The van der Waals surface area contributed by atoms with Gasteiger partial charge in [0.05, 0.1) is 11.6 Å². The molecular formula is C17H12Cl3F3N2O3. The summed E-state index contributed by atoms with van der Waals surface area (Å²) in [6.45, 7) is 1.70. The quantitative estimate of drug-likeness (QED) is 0.485. The van der Waals surface area contributed by atoms with E-state index in [1.165, 1.54) is 18.2 Å². The Kier molecular flexibility index (Phi) is 6.80. The van der Waals surface area contributed by atoms with E-state index in [9.17, 15) is 22.8 Å². The van der Waals surface area contributed by atoms with Gasteiger partial charge in [-0.05, 0) is 30.7 Å². The Balaban J connectivity index is 2.62. The van der Waals surface area contributed by atoms with Crippen molar-refractivity contribution in [2.45, 2.75) is 13.1 Å². The highest BCUT2D eigenvalue weighted by Crippen LogP contribution is 2.33. The molecule has 0 amide bonds. The molecule has 0 saturated carbocycles. The van der Waals surface area contributed by atoms with Crippen molar-refractivity contribution in [2.75, 3.05) is 6.61 Å². The summed E-state index contributed by atoms with van der Waals surface area (Å²) >= 11 is 18.0. The van der Waals surface area contributed by atoms with Gasteiger partial charge in [0.25, 0.3) is 0 Å². The number of hydrogen-bond donors (Lipinski definition) is 0. The molecule has 0 saturated heterocycles. The van der Waals surface area contributed by atoms with Gasteiger partial charge in [-0.1, -0.05) is 34.8 Å². The molecule has 0 atom stereocenters. The van der Waals surface area contributed by atoms with Crippen molar-refractivity contribution in [3.05, 3.63) is 54.8 Å². The SMILES string of the molecule is CCOC(=O)/C(Cl)=C/c1cc(-c2nn(C)c(C(F)(F)F)cc2=O)c(Cl)cc1Cl. The lowest BCUT2D eigenvalue weighted by molar-refractivity contribution is -0.144. The number of aryl methyl sites for hydroxylation is 1. The van der Waals surface area contributed by atoms with E-state index >= 15 is 0 Å². The van der Waals surface area contributed by atoms with E-state index in [0.717, 1.165) is 7.05 Å². The highest BCUT2D eigenvalue weighted by molar-refractivity contribution is 6.44. The van der Waals surface area contributed by atoms with Crippen molar-refractivity contribution in [3.8, 4) is 11.3 Å². The van der Waals surface area contributed by atoms with Crippen molar-refractivity contribution >= 4 is 46.8 Å². The summed E-state index contributed by atoms with van der Waals surface area (Å²) in [5, 5.41) is 3.49. The molecule has 5 nitrogen and oxygen atoms in total. The van der Waals surface area contributed by atoms with E-state index < -0.39 is 23.3 Å². The lowest BCUT2D eigenvalue weighted by Crippen LogP contribution is -2.22. The van der Waals surface area contributed by atoms with Crippen LogP contribution in [0.25, 0.3) is 17.3 Å². The third-order valence-corrected chi connectivity index (χ3v) is 4.39. The number of carbonyl (C=O) groups excluding carboxylic acids is 1. The minimum Gasteiger partial charge on any atom is -0.462 e. The Bertz CT molecular complexity index is 1020. The summed E-state index contributed by atoms with van der Waals surface area (Å²) < 4.78 is 44.1. The summed E-state index contributed by atoms with van der Waals surface area (Å²) in [6.07, 6.45) is -3.55. The first kappa shape index (κ1) is 22.3. The first-order valence-corrected chi connectivity index (χ1v) is 8.78. The number of carbonyl (C=O) groups is 1. The minimum atomic E-state index is -4.75. The minimum absolute atomic E-state index is 0.0150. The molecule has 2 aromatic rings. The molecule has 0 aliphatic carbocycles. The maximum absolute atomic E-state index is 12.9. The van der Waals surface area contributed by atoms with Crippen LogP contribution in [0.15, 0.2) is 28.0 Å². The van der Waals surface area contributed by atoms with Crippen molar-refractivity contribution in [1.82, 2.24) is 9.78 Å². The number of hydrogen-bond acceptors (Lipinski definition) is 4. The molecule has 1 heterocycles. The fourth-order valence-corrected chi connectivity index (χ4v) is 2.94. The molecule has 0 spiro atoms. The Morgan fingerprint density at radius 3 is 2.46 bits per heavy atom. The number of rotatable bonds is 4. The highest BCUT2D eigenvalue weighted by atomic mass is 35.5. The summed E-state index contributed by atoms with van der Waals surface area (Å²) in [5.74, 6) is -0.791. The number of alkyl halides is 3. The van der Waals surface area contributed by atoms with Crippen LogP contribution in [0.3, 0.4) is 0 Å². The largest absolute Gasteiger partial charge is 0.462 e. The molecule has 2 rings (SSSR count). The van der Waals surface area contributed by atoms with Crippen LogP contribution < -0.4 is 5.43 Å². The van der Waals surface area contributed by atoms with E-state index in [0.29, 0.717) is 10.7 Å². The van der Waals surface area contributed by atoms with Crippen LogP contribution in [0, 0.1) is 0 Å². The van der Waals surface area contributed by atoms with E-state index in [1.54, 1.807) is 6.92 Å². The molecular weight excluding hydrogens is 444 g/mol. The maximum atomic E-state index is 12.9. The molecule has 0 aliphatic rings. The van der Waals surface area contributed by atoms with Gasteiger partial charge in [0.2, 0.25) is 5.43 Å². The van der Waals surface area contributed by atoms with Gasteiger partial charge in [0.15, 0.2) is 0 Å². The average molecular weight is 456 g/mol. The van der Waals surface area contributed by atoms with Gasteiger partial charge < -0.3 is 4.74 Å². The van der Waals surface area contributed by atoms with E-state index in [4.69, 9.17) is 39.5 Å². The van der Waals surface area contributed by atoms with Gasteiger partial charge in [-0.3, -0.25) is 9.48 Å². The zero-order chi connectivity index (χ0) is 21.2. The van der Waals surface area contributed by atoms with Gasteiger partial charge in [0, 0.05) is 23.7 Å². The molecule has 150 valence electrons. The van der Waals surface area contributed by atoms with E-state index in [-0.39, 0.29) is 38.5 Å². The molecule has 0 unspecified atom stereocenters. The number of halogens is 6. The summed E-state index contributed by atoms with van der Waals surface area (Å²) in [6, 6.07) is 2.98. The molecule has 11 heteroatoms. The van der Waals surface area contributed by atoms with Crippen molar-refractivity contribution in [2.24, 2.45) is 7.05 Å². The van der Waals surface area contributed by atoms with Gasteiger partial charge in [-0.25, -0.2) is 4.79 Å². The number of benzene rings is 1. The Hall–Kier alpha value is -2.03. The molecule has 0 aliphatic heterocycles. The molecule has 1 aromatic carbocycles. The van der Waals surface area contributed by atoms with Gasteiger partial charge >= 0.3 is 12.1 Å². The predicted molar refractivity (Wildman–Crippen MR) is 100 cm³/mol. The van der Waals surface area contributed by atoms with Crippen LogP contribution in [0.1, 0.15) is 18.2 Å². The first-order valence-electron chi connectivity index (χ1n) is 7.65. The Morgan fingerprint density at radius 1 is 1.25 bits per heavy atom. The molecule has 0 N–H and O–H groups in total. The summed E-state index contributed by atoms with van der Waals surface area (Å²) in [5.41, 5.74) is -2.29. The van der Waals surface area contributed by atoms with E-state index in [1.807, 2.05) is 0 Å². The third-order valence-electron chi connectivity index (χ3n) is 3.48. The van der Waals surface area contributed by atoms with Crippen LogP contribution in [0.2, 0.25) is 10.0 Å². The lowest BCUT2D eigenvalue weighted by atomic mass is 10.1. The number of ether oxygens (including phenoxy) is 1. The smallest absolute Gasteiger partial charge is 0.433 e. The summed E-state index contributed by atoms with van der Waals surface area (Å²) in [7, 11) is 1.05. The first-order chi connectivity index (χ1) is 13.0. The van der Waals surface area contributed by atoms with Gasteiger partial charge in [-0.15, -0.1) is 0 Å². The second-order valence-electron chi connectivity index (χ2n) is 5.43. The van der Waals surface area contributed by atoms with Crippen LogP contribution in [-0.4, -0.2) is 22.4 Å². The second kappa shape index (κ2) is 8.55. The third kappa shape index (κ3) is 4.87. The number of nitrogens with zero attached hydrogens (tertiary/aromatic N) is 2. The lowest BCUT2D eigenvalue weighted by Gasteiger charge is -2.13. The van der Waals surface area contributed by atoms with Crippen LogP contribution in [0.5, 0.6) is 0 Å². The zero-order valence-corrected chi connectivity index (χ0v) is 16.7. The predicted octanol–water partition coefficient (Wildman–Crippen LogP) is 4.92. The van der Waals surface area contributed by atoms with Crippen molar-refractivity contribution in [1.29, 1.82) is 0 Å². The molecule has 0 radical (unpaired) electrons. The standard InChI is InChI=1S/C17H12Cl3F3N2O3/c1-3-28-16(27)12(20)5-8-4-9(11(19)6-10(8)18)15-13(26)7-14(17(21,22)23)25(2)24-15/h4-7H,3H2,1-2H3/b12-5-. The highest BCUT2D eigenvalue weighted by Gasteiger charge is 2.34. The molecule has 1 aromatic heterocycles. The number of aromatic nitrogens is 2. The van der Waals surface area contributed by atoms with Crippen LogP contribution in [-0.2, 0) is 22.8 Å². The Labute approximate surface area is 172 Å². The van der Waals surface area contributed by atoms with Gasteiger partial charge in [0.1, 0.15) is 16.4 Å². The van der Waals surface area contributed by atoms with Crippen LogP contribution >= 0.6 is 34.8 Å². The fraction of sp³-hybridized carbons (Fsp3) is 0.235. The topological polar surface area (TPSA) is 61.2 Å².